The molecule has 1 heterocycles. The lowest BCUT2D eigenvalue weighted by Gasteiger charge is -1.97. The van der Waals surface area contributed by atoms with Crippen LogP contribution in [-0.4, -0.2) is 22.9 Å². The van der Waals surface area contributed by atoms with Gasteiger partial charge in [0.1, 0.15) is 18.9 Å². The molecule has 0 fully saturated rings. The van der Waals surface area contributed by atoms with Gasteiger partial charge in [-0.25, -0.2) is 9.13 Å². The zero-order valence-electron chi connectivity index (χ0n) is 9.47. The van der Waals surface area contributed by atoms with E-state index in [1.165, 1.54) is 0 Å². The van der Waals surface area contributed by atoms with E-state index in [0.29, 0.717) is 25.9 Å². The Morgan fingerprint density at radius 1 is 1.50 bits per heavy atom. The summed E-state index contributed by atoms with van der Waals surface area (Å²) < 4.78 is 3.75. The quantitative estimate of drug-likeness (QED) is 0.279. The second kappa shape index (κ2) is 5.89. The molecule has 1 rings (SSSR count). The van der Waals surface area contributed by atoms with Gasteiger partial charge >= 0.3 is 0 Å². The molecule has 6 nitrogen and oxygen atoms in total. The van der Waals surface area contributed by atoms with E-state index in [4.69, 9.17) is 11.5 Å². The van der Waals surface area contributed by atoms with Gasteiger partial charge in [0.15, 0.2) is 11.7 Å². The molecule has 0 radical (unpaired) electrons. The Bertz CT molecular complexity index is 378. The molecular formula is C10H18N5O+. The summed E-state index contributed by atoms with van der Waals surface area (Å²) >= 11 is 0. The van der Waals surface area contributed by atoms with E-state index in [1.54, 1.807) is 0 Å². The van der Waals surface area contributed by atoms with Gasteiger partial charge in [-0.1, -0.05) is 0 Å². The number of Topliss-reactive ketones (excluding diaryl/α,β-unsaturated/α-hetero) is 1. The molecule has 0 aliphatic rings. The zero-order valence-corrected chi connectivity index (χ0v) is 9.47. The number of carbonyl (C=O) groups excluding carboxylic acids is 1. The zero-order chi connectivity index (χ0) is 12.0. The molecule has 0 saturated carbocycles. The Morgan fingerprint density at radius 3 is 2.81 bits per heavy atom. The first-order valence-electron chi connectivity index (χ1n) is 5.16. The van der Waals surface area contributed by atoms with Crippen LogP contribution in [0, 0.1) is 0 Å². The van der Waals surface area contributed by atoms with Crippen LogP contribution in [0.2, 0.25) is 0 Å². The van der Waals surface area contributed by atoms with Gasteiger partial charge in [-0.05, 0) is 6.42 Å². The van der Waals surface area contributed by atoms with Gasteiger partial charge in [0.2, 0.25) is 6.33 Å². The first kappa shape index (κ1) is 12.2. The summed E-state index contributed by atoms with van der Waals surface area (Å²) in [6, 6.07) is 0. The van der Waals surface area contributed by atoms with Crippen molar-refractivity contribution in [2.45, 2.75) is 19.4 Å². The average molecular weight is 224 g/mol. The summed E-state index contributed by atoms with van der Waals surface area (Å²) in [7, 11) is 1.92. The van der Waals surface area contributed by atoms with Crippen LogP contribution in [0.3, 0.4) is 0 Å². The minimum absolute atomic E-state index is 0.0740. The van der Waals surface area contributed by atoms with Crippen LogP contribution in [0.5, 0.6) is 0 Å². The highest BCUT2D eigenvalue weighted by atomic mass is 16.1. The van der Waals surface area contributed by atoms with Crippen molar-refractivity contribution < 1.29 is 9.36 Å². The number of ketones is 1. The van der Waals surface area contributed by atoms with E-state index >= 15 is 0 Å². The van der Waals surface area contributed by atoms with Crippen LogP contribution in [0.4, 0.5) is 0 Å². The molecule has 4 N–H and O–H groups in total. The van der Waals surface area contributed by atoms with E-state index < -0.39 is 0 Å². The van der Waals surface area contributed by atoms with Gasteiger partial charge in [0, 0.05) is 13.0 Å². The number of guanidine groups is 1. The number of aryl methyl sites for hydroxylation is 1. The molecule has 0 atom stereocenters. The van der Waals surface area contributed by atoms with Gasteiger partial charge in [-0.2, -0.15) is 0 Å². The predicted octanol–water partition coefficient (Wildman–Crippen LogP) is -1.06. The van der Waals surface area contributed by atoms with Crippen LogP contribution in [-0.2, 0) is 18.4 Å². The van der Waals surface area contributed by atoms with Crippen LogP contribution in [0.15, 0.2) is 23.7 Å². The maximum Gasteiger partial charge on any atom is 0.243 e. The van der Waals surface area contributed by atoms with E-state index in [9.17, 15) is 4.79 Å². The Morgan fingerprint density at radius 2 is 2.25 bits per heavy atom. The Balaban J connectivity index is 2.24. The molecule has 0 spiro atoms. The Hall–Kier alpha value is -1.85. The standard InChI is InChI=1S/C10H18N5O/c1-14-5-6-15(8-14)7-9(16)3-2-4-13-10(11)12/h5-6,8H,2-4,7H2,1H3,(H4,11,12,13)/q+1. The number of aromatic nitrogens is 2. The third-order valence-electron chi connectivity index (χ3n) is 2.09. The van der Waals surface area contributed by atoms with Crippen molar-refractivity contribution in [3.8, 4) is 0 Å². The molecule has 6 heteroatoms. The number of nitrogens with zero attached hydrogens (tertiary/aromatic N) is 3. The molecule has 0 amide bonds. The van der Waals surface area contributed by atoms with Gasteiger partial charge in [0.05, 0.1) is 7.05 Å². The van der Waals surface area contributed by atoms with E-state index in [0.717, 1.165) is 0 Å². The van der Waals surface area contributed by atoms with E-state index in [-0.39, 0.29) is 11.7 Å². The number of carbonyl (C=O) groups is 1. The van der Waals surface area contributed by atoms with Crippen molar-refractivity contribution in [1.29, 1.82) is 0 Å². The normalized spacial score (nSPS) is 10.1. The van der Waals surface area contributed by atoms with Crippen molar-refractivity contribution in [3.63, 3.8) is 0 Å². The highest BCUT2D eigenvalue weighted by Crippen LogP contribution is 1.95. The lowest BCUT2D eigenvalue weighted by molar-refractivity contribution is -0.671. The van der Waals surface area contributed by atoms with E-state index in [1.807, 2.05) is 34.9 Å². The van der Waals surface area contributed by atoms with Gasteiger partial charge < -0.3 is 11.5 Å². The van der Waals surface area contributed by atoms with Crippen molar-refractivity contribution >= 4 is 11.7 Å². The summed E-state index contributed by atoms with van der Waals surface area (Å²) in [4.78, 5) is 15.3. The van der Waals surface area contributed by atoms with Gasteiger partial charge in [-0.15, -0.1) is 0 Å². The molecule has 0 unspecified atom stereocenters. The molecule has 1 aromatic heterocycles. The molecule has 0 aliphatic carbocycles. The summed E-state index contributed by atoms with van der Waals surface area (Å²) in [6.07, 6.45) is 6.82. The highest BCUT2D eigenvalue weighted by molar-refractivity contribution is 5.78. The first-order chi connectivity index (χ1) is 7.58. The van der Waals surface area contributed by atoms with Crippen LogP contribution < -0.4 is 16.0 Å². The third-order valence-corrected chi connectivity index (χ3v) is 2.09. The van der Waals surface area contributed by atoms with Crippen molar-refractivity contribution in [3.05, 3.63) is 18.7 Å². The molecular weight excluding hydrogens is 206 g/mol. The number of aliphatic imine (C=N–C) groups is 1. The minimum atomic E-state index is 0.0740. The van der Waals surface area contributed by atoms with Crippen LogP contribution in [0.1, 0.15) is 12.8 Å². The maximum absolute atomic E-state index is 11.5. The fourth-order valence-corrected chi connectivity index (χ4v) is 1.36. The Kier molecular flexibility index (Phi) is 4.50. The number of hydrogen-bond donors (Lipinski definition) is 2. The third kappa shape index (κ3) is 4.59. The van der Waals surface area contributed by atoms with E-state index in [2.05, 4.69) is 4.99 Å². The number of rotatable bonds is 6. The first-order valence-corrected chi connectivity index (χ1v) is 5.16. The number of hydrogen-bond acceptors (Lipinski definition) is 2. The molecule has 0 saturated heterocycles. The lowest BCUT2D eigenvalue weighted by atomic mass is 10.2. The summed E-state index contributed by atoms with van der Waals surface area (Å²) in [5.74, 6) is 0.256. The van der Waals surface area contributed by atoms with Crippen molar-refractivity contribution in [2.24, 2.45) is 23.5 Å². The van der Waals surface area contributed by atoms with Gasteiger partial charge in [0.25, 0.3) is 0 Å². The molecule has 0 aliphatic heterocycles. The fraction of sp³-hybridized carbons (Fsp3) is 0.500. The van der Waals surface area contributed by atoms with Crippen LogP contribution >= 0.6 is 0 Å². The smallest absolute Gasteiger partial charge is 0.243 e. The second-order valence-corrected chi connectivity index (χ2v) is 3.70. The molecule has 88 valence electrons. The molecule has 16 heavy (non-hydrogen) atoms. The second-order valence-electron chi connectivity index (χ2n) is 3.70. The molecule has 1 aromatic rings. The summed E-state index contributed by atoms with van der Waals surface area (Å²) in [5.41, 5.74) is 10.3. The highest BCUT2D eigenvalue weighted by Gasteiger charge is 2.07. The minimum Gasteiger partial charge on any atom is -0.370 e. The topological polar surface area (TPSA) is 90.3 Å². The monoisotopic (exact) mass is 224 g/mol. The predicted molar refractivity (Wildman–Crippen MR) is 60.5 cm³/mol. The largest absolute Gasteiger partial charge is 0.370 e. The van der Waals surface area contributed by atoms with Crippen molar-refractivity contribution in [2.75, 3.05) is 6.54 Å². The van der Waals surface area contributed by atoms with Gasteiger partial charge in [-0.3, -0.25) is 9.79 Å². The number of imidazole rings is 1. The lowest BCUT2D eigenvalue weighted by Crippen LogP contribution is -2.24. The number of nitrogens with two attached hydrogens (primary N) is 2. The Labute approximate surface area is 94.6 Å². The molecule has 0 bridgehead atoms. The summed E-state index contributed by atoms with van der Waals surface area (Å²) in [5, 5.41) is 0. The summed E-state index contributed by atoms with van der Waals surface area (Å²) in [6.45, 7) is 0.913. The maximum atomic E-state index is 11.5. The molecule has 0 aromatic carbocycles. The average Bonchev–Trinajstić information content (AvgIpc) is 2.58. The van der Waals surface area contributed by atoms with Crippen LogP contribution in [0.25, 0.3) is 0 Å². The SMILES string of the molecule is C[n+]1ccn(CC(=O)CCCN=C(N)N)c1. The van der Waals surface area contributed by atoms with Crippen molar-refractivity contribution in [1.82, 2.24) is 4.57 Å². The fourth-order valence-electron chi connectivity index (χ4n) is 1.36.